The van der Waals surface area contributed by atoms with E-state index in [0.29, 0.717) is 42.2 Å². The second-order valence-electron chi connectivity index (χ2n) is 10.7. The van der Waals surface area contributed by atoms with Crippen LogP contribution in [0.15, 0.2) is 88.8 Å². The van der Waals surface area contributed by atoms with Crippen molar-refractivity contribution in [2.75, 3.05) is 32.6 Å². The highest BCUT2D eigenvalue weighted by Gasteiger charge is 2.53. The summed E-state index contributed by atoms with van der Waals surface area (Å²) in [5, 5.41) is 9.02. The molecule has 230 valence electrons. The molecular weight excluding hydrogens is 570 g/mol. The second-order valence-corrected chi connectivity index (χ2v) is 12.8. The van der Waals surface area contributed by atoms with Crippen LogP contribution in [0, 0.1) is 5.92 Å². The number of aliphatic hydroxyl groups excluding tert-OH is 1. The molecule has 43 heavy (non-hydrogen) atoms. The Hall–Kier alpha value is -3.93. The average Bonchev–Trinajstić information content (AvgIpc) is 3.42. The molecule has 0 saturated heterocycles. The van der Waals surface area contributed by atoms with Gasteiger partial charge >= 0.3 is 0 Å². The maximum atomic E-state index is 14.1. The van der Waals surface area contributed by atoms with Gasteiger partial charge in [0.15, 0.2) is 21.5 Å². The van der Waals surface area contributed by atoms with Crippen molar-refractivity contribution in [1.29, 1.82) is 0 Å². The normalized spacial score (nSPS) is 18.2. The van der Waals surface area contributed by atoms with Gasteiger partial charge in [0.25, 0.3) is 5.91 Å². The summed E-state index contributed by atoms with van der Waals surface area (Å²) >= 11 is 0. The largest absolute Gasteiger partial charge is 0.497 e. The zero-order valence-corrected chi connectivity index (χ0v) is 25.5. The van der Waals surface area contributed by atoms with Crippen LogP contribution in [-0.4, -0.2) is 63.5 Å². The number of aliphatic hydroxyl groups is 1. The first-order valence-corrected chi connectivity index (χ1v) is 15.9. The van der Waals surface area contributed by atoms with Crippen molar-refractivity contribution in [3.8, 4) is 11.5 Å². The minimum absolute atomic E-state index is 0.0323. The maximum Gasteiger partial charge on any atom is 0.266 e. The van der Waals surface area contributed by atoms with Crippen molar-refractivity contribution < 1.29 is 32.5 Å². The highest BCUT2D eigenvalue weighted by atomic mass is 32.2. The lowest BCUT2D eigenvalue weighted by Crippen LogP contribution is -2.54. The number of carbonyl (C=O) groups is 1. The van der Waals surface area contributed by atoms with Crippen molar-refractivity contribution >= 4 is 21.6 Å². The van der Waals surface area contributed by atoms with Crippen molar-refractivity contribution in [2.24, 2.45) is 10.9 Å². The van der Waals surface area contributed by atoms with Gasteiger partial charge < -0.3 is 19.3 Å². The van der Waals surface area contributed by atoms with E-state index in [1.165, 1.54) is 12.1 Å². The zero-order chi connectivity index (χ0) is 30.9. The fraction of sp³-hybridized carbons (Fsp3) is 0.375. The Bertz CT molecular complexity index is 1490. The molecule has 3 aromatic rings. The highest BCUT2D eigenvalue weighted by molar-refractivity contribution is 7.91. The Morgan fingerprint density at radius 3 is 2.47 bits per heavy atom. The van der Waals surface area contributed by atoms with Crippen LogP contribution >= 0.6 is 0 Å². The minimum Gasteiger partial charge on any atom is -0.497 e. The van der Waals surface area contributed by atoms with Gasteiger partial charge in [-0.15, -0.1) is 0 Å². The van der Waals surface area contributed by atoms with E-state index in [4.69, 9.17) is 24.3 Å². The number of carbonyl (C=O) groups excluding carboxylic acids is 1. The monoisotopic (exact) mass is 609 g/mol. The molecule has 0 spiro atoms. The number of hydrazine groups is 1. The molecule has 4 rings (SSSR count). The molecule has 0 unspecified atom stereocenters. The predicted octanol–water partition coefficient (Wildman–Crippen LogP) is 3.85. The molecule has 3 aromatic carbocycles. The Balaban J connectivity index is 1.76. The molecular formula is C32H39N3O7S. The van der Waals surface area contributed by atoms with Gasteiger partial charge in [-0.1, -0.05) is 44.2 Å². The summed E-state index contributed by atoms with van der Waals surface area (Å²) in [7, 11) is -2.21. The van der Waals surface area contributed by atoms with Gasteiger partial charge in [0.05, 0.1) is 24.4 Å². The number of nitrogens with zero attached hydrogens (tertiary/aromatic N) is 1. The van der Waals surface area contributed by atoms with Crippen LogP contribution in [0.3, 0.4) is 0 Å². The van der Waals surface area contributed by atoms with Crippen LogP contribution in [0.4, 0.5) is 0 Å². The van der Waals surface area contributed by atoms with Crippen LogP contribution in [0.2, 0.25) is 0 Å². The van der Waals surface area contributed by atoms with E-state index >= 15 is 0 Å². The van der Waals surface area contributed by atoms with Crippen LogP contribution in [0.1, 0.15) is 43.9 Å². The topological polar surface area (TPSA) is 136 Å². The van der Waals surface area contributed by atoms with Gasteiger partial charge in [0, 0.05) is 31.6 Å². The smallest absolute Gasteiger partial charge is 0.266 e. The molecule has 2 atom stereocenters. The van der Waals surface area contributed by atoms with Crippen LogP contribution in [0.25, 0.3) is 0 Å². The van der Waals surface area contributed by atoms with Gasteiger partial charge in [0.2, 0.25) is 5.90 Å². The summed E-state index contributed by atoms with van der Waals surface area (Å²) < 4.78 is 44.4. The lowest BCUT2D eigenvalue weighted by molar-refractivity contribution is -0.130. The number of benzene rings is 3. The summed E-state index contributed by atoms with van der Waals surface area (Å²) in [4.78, 5) is 19.1. The van der Waals surface area contributed by atoms with E-state index < -0.39 is 27.4 Å². The Morgan fingerprint density at radius 2 is 1.79 bits per heavy atom. The number of amides is 1. The molecule has 11 heteroatoms. The van der Waals surface area contributed by atoms with E-state index in [2.05, 4.69) is 10.9 Å². The number of ether oxygens (including phenoxy) is 3. The zero-order valence-electron chi connectivity index (χ0n) is 24.7. The molecule has 0 fully saturated rings. The van der Waals surface area contributed by atoms with E-state index in [1.54, 1.807) is 73.8 Å². The fourth-order valence-corrected chi connectivity index (χ4v) is 6.04. The molecule has 3 N–H and O–H groups in total. The molecule has 0 aromatic heterocycles. The highest BCUT2D eigenvalue weighted by Crippen LogP contribution is 2.43. The van der Waals surface area contributed by atoms with Crippen molar-refractivity contribution in [3.63, 3.8) is 0 Å². The van der Waals surface area contributed by atoms with Crippen LogP contribution in [0.5, 0.6) is 11.5 Å². The third-order valence-corrected chi connectivity index (χ3v) is 8.72. The summed E-state index contributed by atoms with van der Waals surface area (Å²) in [6, 6.07) is 22.3. The van der Waals surface area contributed by atoms with E-state index in [-0.39, 0.29) is 35.5 Å². The first-order chi connectivity index (χ1) is 20.7. The van der Waals surface area contributed by atoms with Crippen molar-refractivity contribution in [3.05, 3.63) is 90.0 Å². The Labute approximate surface area is 253 Å². The van der Waals surface area contributed by atoms with E-state index in [0.717, 1.165) is 0 Å². The van der Waals surface area contributed by atoms with Crippen molar-refractivity contribution in [2.45, 2.75) is 43.2 Å². The van der Waals surface area contributed by atoms with Gasteiger partial charge in [0.1, 0.15) is 11.5 Å². The molecule has 0 radical (unpaired) electrons. The molecule has 0 bridgehead atoms. The molecule has 10 nitrogen and oxygen atoms in total. The summed E-state index contributed by atoms with van der Waals surface area (Å²) in [6.45, 7) is 4.92. The first-order valence-electron chi connectivity index (χ1n) is 14.2. The Kier molecular flexibility index (Phi) is 10.8. The first kappa shape index (κ1) is 32.0. The maximum absolute atomic E-state index is 14.1. The molecule has 1 amide bonds. The second kappa shape index (κ2) is 14.5. The average molecular weight is 610 g/mol. The number of hydrogen-bond acceptors (Lipinski definition) is 9. The number of sulfone groups is 1. The van der Waals surface area contributed by atoms with Crippen LogP contribution in [-0.2, 0) is 19.4 Å². The lowest BCUT2D eigenvalue weighted by atomic mass is 9.85. The van der Waals surface area contributed by atoms with Crippen molar-refractivity contribution in [1.82, 2.24) is 10.9 Å². The van der Waals surface area contributed by atoms with Gasteiger partial charge in [-0.3, -0.25) is 10.2 Å². The molecule has 1 aliphatic rings. The van der Waals surface area contributed by atoms with Gasteiger partial charge in [-0.05, 0) is 60.0 Å². The number of rotatable bonds is 15. The molecule has 1 aliphatic heterocycles. The standard InChI is InChI=1S/C32H39N3O7S/c1-23(2)22-33-35-31(37)32(17-20-43(38,39)28-11-5-4-6-12-28)29(25-9-7-10-27(21-25)40-3)42-30(34-32)24-13-15-26(16-14-24)41-19-8-18-36/h4-7,9-16,21,23,29,33,36H,8,17-20,22H2,1-3H3,(H,35,37)/t29-,32-/m0/s1. The van der Waals surface area contributed by atoms with Crippen LogP contribution < -0.4 is 20.3 Å². The third-order valence-electron chi connectivity index (χ3n) is 6.99. The number of methoxy groups -OCH3 is 1. The van der Waals surface area contributed by atoms with Gasteiger partial charge in [-0.25, -0.2) is 18.8 Å². The summed E-state index contributed by atoms with van der Waals surface area (Å²) in [5.41, 5.74) is 5.30. The Morgan fingerprint density at radius 1 is 1.05 bits per heavy atom. The fourth-order valence-electron chi connectivity index (χ4n) is 4.65. The molecule has 0 saturated carbocycles. The number of nitrogens with one attached hydrogen (secondary N) is 2. The lowest BCUT2D eigenvalue weighted by Gasteiger charge is -2.31. The third kappa shape index (κ3) is 7.92. The van der Waals surface area contributed by atoms with E-state index in [9.17, 15) is 13.2 Å². The summed E-state index contributed by atoms with van der Waals surface area (Å²) in [6.07, 6.45) is -0.591. The molecule has 1 heterocycles. The number of hydrogen-bond donors (Lipinski definition) is 3. The summed E-state index contributed by atoms with van der Waals surface area (Å²) in [5.74, 6) is 0.765. The quantitative estimate of drug-likeness (QED) is 0.175. The molecule has 0 aliphatic carbocycles. The number of aliphatic imine (C=N–C) groups is 1. The SMILES string of the molecule is COc1cccc([C@@H]2OC(c3ccc(OCCCO)cc3)=N[C@]2(CCS(=O)(=O)c2ccccc2)C(=O)NNCC(C)C)c1. The van der Waals surface area contributed by atoms with E-state index in [1.807, 2.05) is 13.8 Å². The minimum atomic E-state index is -3.75. The van der Waals surface area contributed by atoms with Gasteiger partial charge in [-0.2, -0.15) is 0 Å². The predicted molar refractivity (Wildman–Crippen MR) is 164 cm³/mol.